The summed E-state index contributed by atoms with van der Waals surface area (Å²) in [6.07, 6.45) is 4.71. The number of rotatable bonds is 2. The van der Waals surface area contributed by atoms with Crippen LogP contribution in [0.15, 0.2) is 66.2 Å². The van der Waals surface area contributed by atoms with Crippen LogP contribution in [-0.2, 0) is 27.3 Å². The van der Waals surface area contributed by atoms with E-state index in [0.717, 1.165) is 12.8 Å². The Morgan fingerprint density at radius 3 is 2.22 bits per heavy atom. The molecule has 0 nitrogen and oxygen atoms in total. The number of hydrogen-bond donors (Lipinski definition) is 0. The normalized spacial score (nSPS) is 12.9. The predicted octanol–water partition coefficient (Wildman–Crippen LogP) is 8.26. The Hall–Kier alpha value is -0.877. The zero-order valence-electron chi connectivity index (χ0n) is 16.0. The molecule has 0 aliphatic heterocycles. The van der Waals surface area contributed by atoms with Crippen LogP contribution in [0.1, 0.15) is 38.3 Å². The van der Waals surface area contributed by atoms with Crippen LogP contribution >= 0.6 is 17.0 Å². The van der Waals surface area contributed by atoms with Crippen molar-refractivity contribution in [3.63, 3.8) is 0 Å². The molecule has 0 amide bonds. The Morgan fingerprint density at radius 2 is 1.48 bits per heavy atom. The monoisotopic (exact) mass is 472 g/mol. The van der Waals surface area contributed by atoms with Crippen LogP contribution < -0.4 is 0 Å². The molecule has 3 heteroatoms. The van der Waals surface area contributed by atoms with Gasteiger partial charge in [0, 0.05) is 0 Å². The number of benzene rings is 3. The van der Waals surface area contributed by atoms with Gasteiger partial charge < -0.3 is 0 Å². The molecule has 1 aliphatic carbocycles. The minimum absolute atomic E-state index is 0.341. The van der Waals surface area contributed by atoms with Gasteiger partial charge in [0.15, 0.2) is 0 Å². The summed E-state index contributed by atoms with van der Waals surface area (Å²) < 4.78 is 0. The van der Waals surface area contributed by atoms with E-state index >= 15 is 0 Å². The van der Waals surface area contributed by atoms with E-state index in [1.165, 1.54) is 33.0 Å². The van der Waals surface area contributed by atoms with E-state index in [2.05, 4.69) is 87.5 Å². The summed E-state index contributed by atoms with van der Waals surface area (Å²) in [6, 6.07) is 22.1. The van der Waals surface area contributed by atoms with Gasteiger partial charge in [0.25, 0.3) is 0 Å². The molecule has 0 bridgehead atoms. The summed E-state index contributed by atoms with van der Waals surface area (Å²) in [5, 5.41) is 2.65. The van der Waals surface area contributed by atoms with Crippen LogP contribution in [0, 0.1) is 5.41 Å². The first-order valence-corrected chi connectivity index (χ1v) is 15.5. The quantitative estimate of drug-likeness (QED) is 0.351. The van der Waals surface area contributed by atoms with Crippen molar-refractivity contribution < 1.29 is 20.8 Å². The Bertz CT molecular complexity index is 962. The van der Waals surface area contributed by atoms with Crippen molar-refractivity contribution in [3.8, 4) is 11.1 Å². The molecule has 0 atom stereocenters. The van der Waals surface area contributed by atoms with Crippen LogP contribution in [0.2, 0.25) is 0 Å². The van der Waals surface area contributed by atoms with E-state index < -0.39 is 20.8 Å². The Balaban J connectivity index is 0.000000659. The van der Waals surface area contributed by atoms with Crippen molar-refractivity contribution in [1.29, 1.82) is 0 Å². The van der Waals surface area contributed by atoms with Gasteiger partial charge in [-0.15, -0.1) is 0 Å². The molecule has 0 N–H and O–H groups in total. The van der Waals surface area contributed by atoms with Crippen LogP contribution in [-0.4, -0.2) is 0 Å². The maximum atomic E-state index is 4.93. The summed E-state index contributed by atoms with van der Waals surface area (Å²) in [4.78, 5) is 0. The fraction of sp³-hybridized carbons (Fsp3) is 0.250. The second-order valence-electron chi connectivity index (χ2n) is 8.19. The zero-order valence-corrected chi connectivity index (χ0v) is 20.0. The van der Waals surface area contributed by atoms with E-state index in [9.17, 15) is 0 Å². The first kappa shape index (κ1) is 20.8. The second-order valence-corrected chi connectivity index (χ2v) is 11.9. The number of allylic oxidation sites excluding steroid dienone is 1. The minimum atomic E-state index is -0.826. The van der Waals surface area contributed by atoms with Gasteiger partial charge in [0.05, 0.1) is 0 Å². The Kier molecular flexibility index (Phi) is 7.01. The van der Waals surface area contributed by atoms with E-state index in [4.69, 9.17) is 17.0 Å². The Labute approximate surface area is 181 Å². The molecule has 0 unspecified atom stereocenters. The molecular weight excluding hydrogens is 450 g/mol. The van der Waals surface area contributed by atoms with E-state index in [1.807, 2.05) is 0 Å². The Morgan fingerprint density at radius 1 is 0.852 bits per heavy atom. The van der Waals surface area contributed by atoms with Gasteiger partial charge in [-0.05, 0) is 51.3 Å². The third-order valence-electron chi connectivity index (χ3n) is 4.80. The van der Waals surface area contributed by atoms with E-state index in [1.54, 1.807) is 5.57 Å². The third-order valence-corrected chi connectivity index (χ3v) is 4.80. The first-order valence-electron chi connectivity index (χ1n) is 9.18. The van der Waals surface area contributed by atoms with Gasteiger partial charge >= 0.3 is 37.9 Å². The maximum absolute atomic E-state index is 4.93. The third kappa shape index (κ3) is 5.14. The van der Waals surface area contributed by atoms with Gasteiger partial charge in [0.1, 0.15) is 0 Å². The molecule has 138 valence electrons. The van der Waals surface area contributed by atoms with Gasteiger partial charge in [-0.2, -0.15) is 0 Å². The molecular formula is C24H24Cl2Zr. The zero-order chi connectivity index (χ0) is 19.4. The van der Waals surface area contributed by atoms with Crippen molar-refractivity contribution in [2.24, 2.45) is 5.41 Å². The number of hydrogen-bond acceptors (Lipinski definition) is 0. The van der Waals surface area contributed by atoms with Crippen molar-refractivity contribution in [1.82, 2.24) is 0 Å². The molecule has 27 heavy (non-hydrogen) atoms. The molecule has 0 aromatic heterocycles. The van der Waals surface area contributed by atoms with Gasteiger partial charge in [-0.1, -0.05) is 93.1 Å². The molecule has 0 radical (unpaired) electrons. The molecule has 3 aromatic rings. The van der Waals surface area contributed by atoms with Gasteiger partial charge in [-0.3, -0.25) is 0 Å². The van der Waals surface area contributed by atoms with E-state index in [-0.39, 0.29) is 0 Å². The molecule has 3 aromatic carbocycles. The summed E-state index contributed by atoms with van der Waals surface area (Å²) in [7, 11) is 9.87. The summed E-state index contributed by atoms with van der Waals surface area (Å²) in [6.45, 7) is 6.97. The van der Waals surface area contributed by atoms with Crippen LogP contribution in [0.4, 0.5) is 0 Å². The van der Waals surface area contributed by atoms with Gasteiger partial charge in [-0.25, -0.2) is 0 Å². The summed E-state index contributed by atoms with van der Waals surface area (Å²) in [5.41, 5.74) is 7.51. The van der Waals surface area contributed by atoms with Crippen molar-refractivity contribution >= 4 is 33.9 Å². The molecule has 0 heterocycles. The first-order chi connectivity index (χ1) is 12.9. The van der Waals surface area contributed by atoms with Crippen LogP contribution in [0.5, 0.6) is 0 Å². The molecule has 4 rings (SSSR count). The second kappa shape index (κ2) is 9.08. The van der Waals surface area contributed by atoms with Crippen LogP contribution in [0.3, 0.4) is 0 Å². The van der Waals surface area contributed by atoms with Crippen LogP contribution in [0.25, 0.3) is 28.0 Å². The van der Waals surface area contributed by atoms with Crippen molar-refractivity contribution in [2.75, 3.05) is 0 Å². The average Bonchev–Trinajstić information content (AvgIpc) is 3.02. The van der Waals surface area contributed by atoms with Crippen molar-refractivity contribution in [3.05, 3.63) is 77.4 Å². The van der Waals surface area contributed by atoms with Crippen molar-refractivity contribution in [2.45, 2.75) is 33.6 Å². The molecule has 0 fully saturated rings. The summed E-state index contributed by atoms with van der Waals surface area (Å²) in [5.74, 6) is 0. The molecule has 0 saturated carbocycles. The number of halogens is 2. The SMILES string of the molecule is CC(C)(C)CC1=Cc2c(cccc2-c2cccc3ccccc23)C1.[Cl][Zr][Cl]. The predicted molar refractivity (Wildman–Crippen MR) is 117 cm³/mol. The number of fused-ring (bicyclic) bond motifs is 2. The molecule has 1 aliphatic rings. The van der Waals surface area contributed by atoms with Gasteiger partial charge in [0.2, 0.25) is 0 Å². The average molecular weight is 475 g/mol. The summed E-state index contributed by atoms with van der Waals surface area (Å²) >= 11 is -0.826. The fourth-order valence-electron chi connectivity index (χ4n) is 3.93. The standard InChI is InChI=1S/C24H24.2ClH.Zr/c1-24(2,3)16-17-14-19-10-7-13-22(23(19)15-17)21-12-6-9-18-8-4-5-11-20(18)21;;;/h4-13,15H,14,16H2,1-3H3;2*1H;/q;;;+2/p-2. The van der Waals surface area contributed by atoms with E-state index in [0.29, 0.717) is 5.41 Å². The molecule has 0 saturated heterocycles. The fourth-order valence-corrected chi connectivity index (χ4v) is 3.93. The topological polar surface area (TPSA) is 0 Å². The molecule has 0 spiro atoms.